The first-order valence-corrected chi connectivity index (χ1v) is 8.39. The SMILES string of the molecule is CSC1CCCC1n1c(-c2ccccc2)c[nH]c1=S. The van der Waals surface area contributed by atoms with Gasteiger partial charge in [-0.1, -0.05) is 36.8 Å². The van der Waals surface area contributed by atoms with Gasteiger partial charge >= 0.3 is 0 Å². The summed E-state index contributed by atoms with van der Waals surface area (Å²) in [4.78, 5) is 3.23. The van der Waals surface area contributed by atoms with Crippen LogP contribution in [0.1, 0.15) is 25.3 Å². The molecule has 1 N–H and O–H groups in total. The highest BCUT2D eigenvalue weighted by Crippen LogP contribution is 2.39. The molecule has 19 heavy (non-hydrogen) atoms. The van der Waals surface area contributed by atoms with E-state index in [0.717, 1.165) is 4.77 Å². The molecule has 1 aromatic carbocycles. The van der Waals surface area contributed by atoms with Gasteiger partial charge in [-0.25, -0.2) is 0 Å². The molecule has 0 radical (unpaired) electrons. The standard InChI is InChI=1S/C15H18N2S2/c1-19-14-9-5-8-12(14)17-13(10-16-15(17)18)11-6-3-2-4-7-11/h2-4,6-7,10,12,14H,5,8-9H2,1H3,(H,16,18). The van der Waals surface area contributed by atoms with Gasteiger partial charge in [0.25, 0.3) is 0 Å². The molecule has 0 saturated heterocycles. The Morgan fingerprint density at radius 3 is 2.79 bits per heavy atom. The van der Waals surface area contributed by atoms with E-state index < -0.39 is 0 Å². The molecule has 2 unspecified atom stereocenters. The average molecular weight is 290 g/mol. The Labute approximate surface area is 123 Å². The molecule has 1 saturated carbocycles. The van der Waals surface area contributed by atoms with Gasteiger partial charge in [-0.3, -0.25) is 0 Å². The van der Waals surface area contributed by atoms with E-state index in [-0.39, 0.29) is 0 Å². The number of nitrogens with one attached hydrogen (secondary N) is 1. The van der Waals surface area contributed by atoms with Crippen LogP contribution in [0.15, 0.2) is 36.5 Å². The van der Waals surface area contributed by atoms with Crippen LogP contribution < -0.4 is 0 Å². The van der Waals surface area contributed by atoms with Crippen molar-refractivity contribution in [1.29, 1.82) is 0 Å². The van der Waals surface area contributed by atoms with Crippen molar-refractivity contribution >= 4 is 24.0 Å². The summed E-state index contributed by atoms with van der Waals surface area (Å²) >= 11 is 7.48. The van der Waals surface area contributed by atoms with Crippen LogP contribution in [0.25, 0.3) is 11.3 Å². The summed E-state index contributed by atoms with van der Waals surface area (Å²) in [5.74, 6) is 0. The Bertz CT molecular complexity index is 600. The molecule has 3 rings (SSSR count). The zero-order valence-electron chi connectivity index (χ0n) is 11.0. The zero-order chi connectivity index (χ0) is 13.2. The maximum Gasteiger partial charge on any atom is 0.177 e. The zero-order valence-corrected chi connectivity index (χ0v) is 12.6. The summed E-state index contributed by atoms with van der Waals surface area (Å²) in [6.45, 7) is 0. The van der Waals surface area contributed by atoms with Crippen molar-refractivity contribution in [1.82, 2.24) is 9.55 Å². The lowest BCUT2D eigenvalue weighted by atomic mass is 10.1. The summed E-state index contributed by atoms with van der Waals surface area (Å²) in [6.07, 6.45) is 8.09. The Morgan fingerprint density at radius 2 is 2.05 bits per heavy atom. The number of imidazole rings is 1. The second kappa shape index (κ2) is 5.55. The largest absolute Gasteiger partial charge is 0.337 e. The maximum absolute atomic E-state index is 5.51. The first kappa shape index (κ1) is 13.0. The number of aromatic amines is 1. The van der Waals surface area contributed by atoms with Gasteiger partial charge < -0.3 is 9.55 Å². The van der Waals surface area contributed by atoms with Gasteiger partial charge in [0.2, 0.25) is 0 Å². The van der Waals surface area contributed by atoms with E-state index in [2.05, 4.69) is 46.1 Å². The second-order valence-corrected chi connectivity index (χ2v) is 6.45. The summed E-state index contributed by atoms with van der Waals surface area (Å²) in [5, 5.41) is 0.685. The fourth-order valence-corrected chi connectivity index (χ4v) is 4.28. The highest BCUT2D eigenvalue weighted by atomic mass is 32.2. The number of hydrogen-bond acceptors (Lipinski definition) is 2. The fraction of sp³-hybridized carbons (Fsp3) is 0.400. The van der Waals surface area contributed by atoms with Crippen LogP contribution in [0, 0.1) is 4.77 Å². The molecule has 100 valence electrons. The quantitative estimate of drug-likeness (QED) is 0.829. The van der Waals surface area contributed by atoms with Crippen molar-refractivity contribution in [3.63, 3.8) is 0 Å². The van der Waals surface area contributed by atoms with Crippen LogP contribution in [0.4, 0.5) is 0 Å². The third-order valence-electron chi connectivity index (χ3n) is 3.93. The number of thioether (sulfide) groups is 1. The van der Waals surface area contributed by atoms with Crippen LogP contribution in [0.5, 0.6) is 0 Å². The van der Waals surface area contributed by atoms with Crippen LogP contribution >= 0.6 is 24.0 Å². The van der Waals surface area contributed by atoms with Gasteiger partial charge in [0, 0.05) is 17.5 Å². The maximum atomic E-state index is 5.51. The van der Waals surface area contributed by atoms with Gasteiger partial charge in [-0.05, 0) is 36.9 Å². The first-order chi connectivity index (χ1) is 9.31. The van der Waals surface area contributed by atoms with E-state index in [1.54, 1.807) is 0 Å². The van der Waals surface area contributed by atoms with Gasteiger partial charge in [-0.2, -0.15) is 11.8 Å². The Hall–Kier alpha value is -1.00. The van der Waals surface area contributed by atoms with Gasteiger partial charge in [0.05, 0.1) is 5.69 Å². The molecule has 0 bridgehead atoms. The predicted molar refractivity (Wildman–Crippen MR) is 85.2 cm³/mol. The highest BCUT2D eigenvalue weighted by molar-refractivity contribution is 7.99. The third kappa shape index (κ3) is 2.39. The first-order valence-electron chi connectivity index (χ1n) is 6.69. The molecule has 2 atom stereocenters. The number of benzene rings is 1. The number of aromatic nitrogens is 2. The Morgan fingerprint density at radius 1 is 1.26 bits per heavy atom. The number of H-pyrrole nitrogens is 1. The lowest BCUT2D eigenvalue weighted by Gasteiger charge is -2.21. The predicted octanol–water partition coefficient (Wildman–Crippen LogP) is 4.67. The minimum atomic E-state index is 0.531. The Balaban J connectivity index is 2.07. The summed E-state index contributed by atoms with van der Waals surface area (Å²) in [7, 11) is 0. The fourth-order valence-electron chi connectivity index (χ4n) is 3.02. The van der Waals surface area contributed by atoms with E-state index in [4.69, 9.17) is 12.2 Å². The van der Waals surface area contributed by atoms with Crippen LogP contribution in [0.3, 0.4) is 0 Å². The highest BCUT2D eigenvalue weighted by Gasteiger charge is 2.29. The van der Waals surface area contributed by atoms with Crippen LogP contribution in [-0.2, 0) is 0 Å². The second-order valence-electron chi connectivity index (χ2n) is 4.99. The van der Waals surface area contributed by atoms with Crippen molar-refractivity contribution in [2.75, 3.05) is 6.26 Å². The smallest absolute Gasteiger partial charge is 0.177 e. The normalized spacial score (nSPS) is 22.8. The molecule has 0 aliphatic heterocycles. The van der Waals surface area contributed by atoms with E-state index >= 15 is 0 Å². The average Bonchev–Trinajstić information content (AvgIpc) is 3.05. The van der Waals surface area contributed by atoms with Crippen molar-refractivity contribution in [2.24, 2.45) is 0 Å². The molecule has 1 fully saturated rings. The van der Waals surface area contributed by atoms with Gasteiger partial charge in [-0.15, -0.1) is 0 Å². The summed E-state index contributed by atoms with van der Waals surface area (Å²) < 4.78 is 3.18. The molecular formula is C15H18N2S2. The third-order valence-corrected chi connectivity index (χ3v) is 5.40. The molecule has 1 aliphatic rings. The minimum absolute atomic E-state index is 0.531. The molecule has 1 aliphatic carbocycles. The summed E-state index contributed by atoms with van der Waals surface area (Å²) in [6, 6.07) is 11.0. The minimum Gasteiger partial charge on any atom is -0.337 e. The number of hydrogen-bond donors (Lipinski definition) is 1. The molecule has 2 nitrogen and oxygen atoms in total. The topological polar surface area (TPSA) is 20.7 Å². The molecule has 0 spiro atoms. The molecule has 1 heterocycles. The monoisotopic (exact) mass is 290 g/mol. The number of rotatable bonds is 3. The Kier molecular flexibility index (Phi) is 3.80. The molecule has 2 aromatic rings. The van der Waals surface area contributed by atoms with Crippen molar-refractivity contribution in [3.05, 3.63) is 41.3 Å². The molecule has 1 aromatic heterocycles. The molecule has 0 amide bonds. The van der Waals surface area contributed by atoms with Crippen molar-refractivity contribution in [2.45, 2.75) is 30.6 Å². The van der Waals surface area contributed by atoms with Gasteiger partial charge in [0.15, 0.2) is 4.77 Å². The van der Waals surface area contributed by atoms with E-state index in [1.807, 2.05) is 18.0 Å². The molecule has 4 heteroatoms. The lowest BCUT2D eigenvalue weighted by molar-refractivity contribution is 0.527. The van der Waals surface area contributed by atoms with Crippen LogP contribution in [-0.4, -0.2) is 21.1 Å². The van der Waals surface area contributed by atoms with Crippen LogP contribution in [0.2, 0.25) is 0 Å². The van der Waals surface area contributed by atoms with Crippen molar-refractivity contribution in [3.8, 4) is 11.3 Å². The lowest BCUT2D eigenvalue weighted by Crippen LogP contribution is -2.16. The van der Waals surface area contributed by atoms with Crippen molar-refractivity contribution < 1.29 is 0 Å². The van der Waals surface area contributed by atoms with E-state index in [9.17, 15) is 0 Å². The van der Waals surface area contributed by atoms with E-state index in [0.29, 0.717) is 11.3 Å². The summed E-state index contributed by atoms with van der Waals surface area (Å²) in [5.41, 5.74) is 2.46. The number of nitrogens with zero attached hydrogens (tertiary/aromatic N) is 1. The van der Waals surface area contributed by atoms with Gasteiger partial charge in [0.1, 0.15) is 0 Å². The van der Waals surface area contributed by atoms with E-state index in [1.165, 1.54) is 30.5 Å². The molecular weight excluding hydrogens is 272 g/mol.